The highest BCUT2D eigenvalue weighted by atomic mass is 16.5. The summed E-state index contributed by atoms with van der Waals surface area (Å²) in [6, 6.07) is 10.3. The number of hydrogen-bond acceptors (Lipinski definition) is 4. The van der Waals surface area contributed by atoms with E-state index in [0.717, 1.165) is 32.5 Å². The third kappa shape index (κ3) is 4.93. The Balaban J connectivity index is 1.42. The summed E-state index contributed by atoms with van der Waals surface area (Å²) in [7, 11) is 0. The summed E-state index contributed by atoms with van der Waals surface area (Å²) in [5.74, 6) is 0. The summed E-state index contributed by atoms with van der Waals surface area (Å²) >= 11 is 0. The van der Waals surface area contributed by atoms with Crippen molar-refractivity contribution in [3.63, 3.8) is 0 Å². The van der Waals surface area contributed by atoms with E-state index in [0.29, 0.717) is 26.2 Å². The first-order valence-corrected chi connectivity index (χ1v) is 8.79. The van der Waals surface area contributed by atoms with Gasteiger partial charge in [-0.2, -0.15) is 0 Å². The summed E-state index contributed by atoms with van der Waals surface area (Å²) in [5, 5.41) is 12.6. The van der Waals surface area contributed by atoms with Gasteiger partial charge in [-0.1, -0.05) is 30.3 Å². The summed E-state index contributed by atoms with van der Waals surface area (Å²) < 4.78 is 5.78. The number of benzene rings is 1. The second kappa shape index (κ2) is 8.46. The molecule has 2 N–H and O–H groups in total. The van der Waals surface area contributed by atoms with Gasteiger partial charge in [0.15, 0.2) is 0 Å². The predicted molar refractivity (Wildman–Crippen MR) is 91.7 cm³/mol. The van der Waals surface area contributed by atoms with Crippen LogP contribution in [0.5, 0.6) is 0 Å². The Hall–Kier alpha value is -1.63. The maximum absolute atomic E-state index is 12.2. The molecule has 6 heteroatoms. The minimum Gasteiger partial charge on any atom is -0.391 e. The molecule has 2 amide bonds. The van der Waals surface area contributed by atoms with Gasteiger partial charge in [0.2, 0.25) is 0 Å². The Morgan fingerprint density at radius 2 is 2.08 bits per heavy atom. The average Bonchev–Trinajstić information content (AvgIpc) is 2.61. The molecule has 0 radical (unpaired) electrons. The maximum Gasteiger partial charge on any atom is 0.317 e. The highest BCUT2D eigenvalue weighted by molar-refractivity contribution is 5.74. The average molecular weight is 333 g/mol. The van der Waals surface area contributed by atoms with Crippen molar-refractivity contribution in [2.75, 3.05) is 39.3 Å². The van der Waals surface area contributed by atoms with Crippen LogP contribution in [0.15, 0.2) is 30.3 Å². The number of carbonyl (C=O) groups is 1. The standard InChI is InChI=1S/C18H27N3O3/c22-16-7-4-8-21(13-16)18(23)19-11-17-14-20(9-10-24-17)12-15-5-2-1-3-6-15/h1-3,5-6,16-17,22H,4,7-14H2,(H,19,23). The molecule has 2 aliphatic heterocycles. The van der Waals surface area contributed by atoms with Crippen LogP contribution < -0.4 is 5.32 Å². The fourth-order valence-corrected chi connectivity index (χ4v) is 3.34. The van der Waals surface area contributed by atoms with Gasteiger partial charge < -0.3 is 20.1 Å². The van der Waals surface area contributed by atoms with Crippen LogP contribution in [0.1, 0.15) is 18.4 Å². The zero-order valence-electron chi connectivity index (χ0n) is 14.1. The van der Waals surface area contributed by atoms with Crippen LogP contribution in [0.4, 0.5) is 4.79 Å². The van der Waals surface area contributed by atoms with Gasteiger partial charge in [-0.3, -0.25) is 4.90 Å². The van der Waals surface area contributed by atoms with Crippen molar-refractivity contribution in [2.24, 2.45) is 0 Å². The van der Waals surface area contributed by atoms with Crippen molar-refractivity contribution in [3.8, 4) is 0 Å². The number of likely N-dealkylation sites (tertiary alicyclic amines) is 1. The van der Waals surface area contributed by atoms with E-state index in [9.17, 15) is 9.90 Å². The summed E-state index contributed by atoms with van der Waals surface area (Å²) in [6.45, 7) is 4.99. The van der Waals surface area contributed by atoms with Crippen molar-refractivity contribution in [3.05, 3.63) is 35.9 Å². The summed E-state index contributed by atoms with van der Waals surface area (Å²) in [4.78, 5) is 16.2. The van der Waals surface area contributed by atoms with Gasteiger partial charge in [0.25, 0.3) is 0 Å². The Morgan fingerprint density at radius 3 is 2.88 bits per heavy atom. The second-order valence-corrected chi connectivity index (χ2v) is 6.64. The van der Waals surface area contributed by atoms with Crippen molar-refractivity contribution >= 4 is 6.03 Å². The normalized spacial score (nSPS) is 25.5. The Kier molecular flexibility index (Phi) is 6.07. The van der Waals surface area contributed by atoms with E-state index in [1.807, 2.05) is 6.07 Å². The van der Waals surface area contributed by atoms with Crippen LogP contribution >= 0.6 is 0 Å². The molecule has 2 fully saturated rings. The lowest BCUT2D eigenvalue weighted by atomic mass is 10.1. The van der Waals surface area contributed by atoms with Crippen molar-refractivity contribution in [2.45, 2.75) is 31.6 Å². The first-order valence-electron chi connectivity index (χ1n) is 8.79. The summed E-state index contributed by atoms with van der Waals surface area (Å²) in [6.07, 6.45) is 1.27. The molecule has 0 aromatic heterocycles. The highest BCUT2D eigenvalue weighted by Crippen LogP contribution is 2.12. The molecule has 1 aromatic rings. The van der Waals surface area contributed by atoms with Gasteiger partial charge in [-0.25, -0.2) is 4.79 Å². The number of nitrogens with zero attached hydrogens (tertiary/aromatic N) is 2. The topological polar surface area (TPSA) is 65.0 Å². The number of carbonyl (C=O) groups excluding carboxylic acids is 1. The number of piperidine rings is 1. The molecule has 0 bridgehead atoms. The minimum atomic E-state index is -0.392. The van der Waals surface area contributed by atoms with Crippen LogP contribution in [0.3, 0.4) is 0 Å². The number of β-amino-alcohol motifs (C(OH)–C–C–N with tert-alkyl or cyclic N) is 1. The van der Waals surface area contributed by atoms with Gasteiger partial charge in [-0.05, 0) is 18.4 Å². The Morgan fingerprint density at radius 1 is 1.25 bits per heavy atom. The molecule has 0 aliphatic carbocycles. The van der Waals surface area contributed by atoms with Crippen LogP contribution in [0.25, 0.3) is 0 Å². The molecule has 2 aliphatic rings. The van der Waals surface area contributed by atoms with Gasteiger partial charge in [0.1, 0.15) is 0 Å². The SMILES string of the molecule is O=C(NCC1CN(Cc2ccccc2)CCO1)N1CCCC(O)C1. The lowest BCUT2D eigenvalue weighted by Crippen LogP contribution is -2.51. The molecule has 2 atom stereocenters. The lowest BCUT2D eigenvalue weighted by Gasteiger charge is -2.34. The number of nitrogens with one attached hydrogen (secondary N) is 1. The molecule has 24 heavy (non-hydrogen) atoms. The largest absolute Gasteiger partial charge is 0.391 e. The summed E-state index contributed by atoms with van der Waals surface area (Å²) in [5.41, 5.74) is 1.30. The molecule has 6 nitrogen and oxygen atoms in total. The zero-order chi connectivity index (χ0) is 16.8. The van der Waals surface area contributed by atoms with Crippen LogP contribution in [-0.4, -0.2) is 72.5 Å². The van der Waals surface area contributed by atoms with Crippen molar-refractivity contribution in [1.29, 1.82) is 0 Å². The fraction of sp³-hybridized carbons (Fsp3) is 0.611. The van der Waals surface area contributed by atoms with Crippen LogP contribution in [-0.2, 0) is 11.3 Å². The first-order chi connectivity index (χ1) is 11.7. The molecule has 1 aromatic carbocycles. The van der Waals surface area contributed by atoms with E-state index in [2.05, 4.69) is 34.5 Å². The molecule has 0 spiro atoms. The number of ether oxygens (including phenoxy) is 1. The van der Waals surface area contributed by atoms with Crippen molar-refractivity contribution < 1.29 is 14.6 Å². The van der Waals surface area contributed by atoms with Gasteiger partial charge in [0, 0.05) is 39.3 Å². The monoisotopic (exact) mass is 333 g/mol. The maximum atomic E-state index is 12.2. The molecular formula is C18H27N3O3. The van der Waals surface area contributed by atoms with Crippen LogP contribution in [0.2, 0.25) is 0 Å². The van der Waals surface area contributed by atoms with E-state index < -0.39 is 6.10 Å². The zero-order valence-corrected chi connectivity index (χ0v) is 14.1. The van der Waals surface area contributed by atoms with E-state index in [1.54, 1.807) is 4.90 Å². The Labute approximate surface area is 143 Å². The minimum absolute atomic E-state index is 0.0149. The van der Waals surface area contributed by atoms with Crippen molar-refractivity contribution in [1.82, 2.24) is 15.1 Å². The second-order valence-electron chi connectivity index (χ2n) is 6.64. The number of aliphatic hydroxyl groups excluding tert-OH is 1. The third-order valence-corrected chi connectivity index (χ3v) is 4.64. The molecule has 2 heterocycles. The van der Waals surface area contributed by atoms with E-state index >= 15 is 0 Å². The Bertz CT molecular complexity index is 526. The van der Waals surface area contributed by atoms with E-state index in [4.69, 9.17) is 4.74 Å². The van der Waals surface area contributed by atoms with Crippen LogP contribution in [0, 0.1) is 0 Å². The first kappa shape index (κ1) is 17.2. The lowest BCUT2D eigenvalue weighted by molar-refractivity contribution is -0.0293. The smallest absolute Gasteiger partial charge is 0.317 e. The number of morpholine rings is 1. The predicted octanol–water partition coefficient (Wildman–Crippen LogP) is 1.05. The molecule has 0 saturated carbocycles. The van der Waals surface area contributed by atoms with Gasteiger partial charge in [0.05, 0.1) is 18.8 Å². The number of amides is 2. The third-order valence-electron chi connectivity index (χ3n) is 4.64. The molecule has 3 rings (SSSR count). The number of rotatable bonds is 4. The highest BCUT2D eigenvalue weighted by Gasteiger charge is 2.24. The number of hydrogen-bond donors (Lipinski definition) is 2. The van der Waals surface area contributed by atoms with E-state index in [-0.39, 0.29) is 12.1 Å². The molecule has 2 saturated heterocycles. The van der Waals surface area contributed by atoms with Gasteiger partial charge in [-0.15, -0.1) is 0 Å². The number of urea groups is 1. The molecule has 132 valence electrons. The van der Waals surface area contributed by atoms with Gasteiger partial charge >= 0.3 is 6.03 Å². The quantitative estimate of drug-likeness (QED) is 0.865. The number of aliphatic hydroxyl groups is 1. The fourth-order valence-electron chi connectivity index (χ4n) is 3.34. The molecular weight excluding hydrogens is 306 g/mol. The van der Waals surface area contributed by atoms with E-state index in [1.165, 1.54) is 5.56 Å². The molecule has 2 unspecified atom stereocenters.